The van der Waals surface area contributed by atoms with E-state index in [9.17, 15) is 0 Å². The Bertz CT molecular complexity index is 33.8. The maximum absolute atomic E-state index is 8.33. The van der Waals surface area contributed by atoms with Gasteiger partial charge in [0, 0.05) is 0 Å². The van der Waals surface area contributed by atoms with Gasteiger partial charge < -0.3 is 15.0 Å². The van der Waals surface area contributed by atoms with Crippen molar-refractivity contribution in [3.63, 3.8) is 0 Å². The van der Waals surface area contributed by atoms with Gasteiger partial charge in [0.2, 0.25) is 0 Å². The smallest absolute Gasteiger partial charge is 0.652 e. The molecule has 0 aromatic carbocycles. The molecule has 0 N–H and O–H groups in total. The van der Waals surface area contributed by atoms with Gasteiger partial charge in [0.05, 0.1) is 0 Å². The third-order valence-corrected chi connectivity index (χ3v) is 0. The van der Waals surface area contributed by atoms with Gasteiger partial charge in [0.1, 0.15) is 0 Å². The summed E-state index contributed by atoms with van der Waals surface area (Å²) in [7, 11) is 0. The standard InChI is InChI=1S/CH2O3.Cs.K/c2-1(3)4;;/h(H2,2,3,4);;/q;2*+1/p-2. The minimum absolute atomic E-state index is 0. The molecule has 0 unspecified atom stereocenters. The first kappa shape index (κ1) is 16.0. The fraction of sp³-hybridized carbons (Fsp3) is 0. The van der Waals surface area contributed by atoms with E-state index in [1.54, 1.807) is 0 Å². The van der Waals surface area contributed by atoms with Crippen LogP contribution in [-0.2, 0) is 0 Å². The summed E-state index contributed by atoms with van der Waals surface area (Å²) in [6.45, 7) is 0. The van der Waals surface area contributed by atoms with Crippen molar-refractivity contribution in [3.05, 3.63) is 0 Å². The molecule has 0 rings (SSSR count). The average molecular weight is 232 g/mol. The molecular formula is CCsKO3. The SMILES string of the molecule is O=C([O-])[O-].[Cs+].[K+]. The molecule has 5 heteroatoms. The second-order valence-corrected chi connectivity index (χ2v) is 0.250. The molecule has 3 nitrogen and oxygen atoms in total. The molecule has 0 fully saturated rings. The zero-order valence-corrected chi connectivity index (χ0v) is 13.1. The number of hydrogen-bond donors (Lipinski definition) is 0. The molecule has 0 amide bonds. The molecule has 0 aromatic heterocycles. The Morgan fingerprint density at radius 1 is 1.33 bits per heavy atom. The number of carbonyl (C=O) groups excluding carboxylic acids is 1. The van der Waals surface area contributed by atoms with E-state index in [1.165, 1.54) is 0 Å². The van der Waals surface area contributed by atoms with Gasteiger partial charge in [0.15, 0.2) is 0 Å². The molecule has 0 saturated carbocycles. The molecule has 6 heavy (non-hydrogen) atoms. The van der Waals surface area contributed by atoms with Crippen LogP contribution in [0.4, 0.5) is 4.79 Å². The summed E-state index contributed by atoms with van der Waals surface area (Å²) < 4.78 is 0. The number of carbonyl (C=O) groups is 1. The summed E-state index contributed by atoms with van der Waals surface area (Å²) in [6.07, 6.45) is -2.33. The molecule has 0 spiro atoms. The van der Waals surface area contributed by atoms with Gasteiger partial charge in [-0.05, 0) is 6.16 Å². The van der Waals surface area contributed by atoms with Gasteiger partial charge in [-0.15, -0.1) is 0 Å². The van der Waals surface area contributed by atoms with Crippen molar-refractivity contribution in [1.29, 1.82) is 0 Å². The molecule has 0 aromatic rings. The zero-order chi connectivity index (χ0) is 3.58. The van der Waals surface area contributed by atoms with Crippen molar-refractivity contribution in [1.82, 2.24) is 0 Å². The maximum atomic E-state index is 8.33. The first-order valence-corrected chi connectivity index (χ1v) is 0.612. The quantitative estimate of drug-likeness (QED) is 0.389. The normalized spacial score (nSPS) is 4.00. The fourth-order valence-electron chi connectivity index (χ4n) is 0. The summed E-state index contributed by atoms with van der Waals surface area (Å²) in [5.41, 5.74) is 0. The third kappa shape index (κ3) is 28.2. The van der Waals surface area contributed by atoms with Crippen LogP contribution in [0.15, 0.2) is 0 Å². The van der Waals surface area contributed by atoms with Crippen molar-refractivity contribution in [2.75, 3.05) is 0 Å². The van der Waals surface area contributed by atoms with E-state index in [0.717, 1.165) is 0 Å². The molecule has 0 aliphatic rings. The number of rotatable bonds is 0. The van der Waals surface area contributed by atoms with E-state index in [0.29, 0.717) is 0 Å². The topological polar surface area (TPSA) is 63.2 Å². The van der Waals surface area contributed by atoms with Crippen LogP contribution < -0.4 is 130 Å². The van der Waals surface area contributed by atoms with Crippen LogP contribution in [0.1, 0.15) is 0 Å². The average Bonchev–Trinajstić information content (AvgIpc) is 0.811. The molecule has 0 radical (unpaired) electrons. The maximum Gasteiger partial charge on any atom is 1.00 e. The van der Waals surface area contributed by atoms with Crippen LogP contribution in [0, 0.1) is 0 Å². The van der Waals surface area contributed by atoms with Crippen molar-refractivity contribution in [2.24, 2.45) is 0 Å². The van der Waals surface area contributed by atoms with Gasteiger partial charge >= 0.3 is 120 Å². The van der Waals surface area contributed by atoms with Gasteiger partial charge in [-0.25, -0.2) is 0 Å². The predicted octanol–water partition coefficient (Wildman–Crippen LogP) is -8.44. The van der Waals surface area contributed by atoms with E-state index < -0.39 is 6.16 Å². The Morgan fingerprint density at radius 2 is 1.33 bits per heavy atom. The van der Waals surface area contributed by atoms with Gasteiger partial charge in [-0.1, -0.05) is 0 Å². The summed E-state index contributed by atoms with van der Waals surface area (Å²) >= 11 is 0. The molecule has 0 aliphatic carbocycles. The predicted molar refractivity (Wildman–Crippen MR) is 5.40 cm³/mol. The second-order valence-electron chi connectivity index (χ2n) is 0.250. The van der Waals surface area contributed by atoms with Crippen molar-refractivity contribution >= 4 is 6.16 Å². The van der Waals surface area contributed by atoms with E-state index >= 15 is 0 Å². The van der Waals surface area contributed by atoms with E-state index in [2.05, 4.69) is 0 Å². The van der Waals surface area contributed by atoms with Crippen molar-refractivity contribution in [3.8, 4) is 0 Å². The largest absolute Gasteiger partial charge is 1.00 e. The molecular weight excluding hydrogens is 232 g/mol. The van der Waals surface area contributed by atoms with Crippen LogP contribution in [0.25, 0.3) is 0 Å². The van der Waals surface area contributed by atoms with Gasteiger partial charge in [0.25, 0.3) is 0 Å². The van der Waals surface area contributed by atoms with Crippen molar-refractivity contribution < 1.29 is 135 Å². The Morgan fingerprint density at radius 3 is 1.33 bits per heavy atom. The van der Waals surface area contributed by atoms with E-state index in [-0.39, 0.29) is 120 Å². The van der Waals surface area contributed by atoms with E-state index in [4.69, 9.17) is 15.0 Å². The Labute approximate surface area is 137 Å². The summed E-state index contributed by atoms with van der Waals surface area (Å²) in [6, 6.07) is 0. The monoisotopic (exact) mass is 232 g/mol. The number of carboxylic acid groups (broad SMARTS) is 2. The van der Waals surface area contributed by atoms with Gasteiger partial charge in [-0.3, -0.25) is 0 Å². The Balaban J connectivity index is -0.0000000450. The first-order chi connectivity index (χ1) is 1.73. The van der Waals surface area contributed by atoms with E-state index in [1.807, 2.05) is 0 Å². The molecule has 0 bridgehead atoms. The van der Waals surface area contributed by atoms with Crippen LogP contribution >= 0.6 is 0 Å². The Hall–Kier alpha value is 2.96. The minimum Gasteiger partial charge on any atom is -0.652 e. The molecule has 24 valence electrons. The summed E-state index contributed by atoms with van der Waals surface area (Å²) in [5.74, 6) is 0. The third-order valence-electron chi connectivity index (χ3n) is 0. The van der Waals surface area contributed by atoms with Crippen LogP contribution in [0.5, 0.6) is 0 Å². The summed E-state index contributed by atoms with van der Waals surface area (Å²) in [4.78, 5) is 8.33. The zero-order valence-electron chi connectivity index (χ0n) is 3.72. The molecule has 0 atom stereocenters. The number of hydrogen-bond acceptors (Lipinski definition) is 3. The molecule has 0 aliphatic heterocycles. The van der Waals surface area contributed by atoms with Crippen molar-refractivity contribution in [2.45, 2.75) is 0 Å². The Kier molecular flexibility index (Phi) is 28.9. The fourth-order valence-corrected chi connectivity index (χ4v) is 0. The molecule has 0 heterocycles. The van der Waals surface area contributed by atoms with Gasteiger partial charge in [-0.2, -0.15) is 0 Å². The van der Waals surface area contributed by atoms with Crippen LogP contribution in [0.3, 0.4) is 0 Å². The minimum atomic E-state index is -2.33. The summed E-state index contributed by atoms with van der Waals surface area (Å²) in [5, 5.41) is 16.7. The molecule has 0 saturated heterocycles. The first-order valence-electron chi connectivity index (χ1n) is 0.612. The van der Waals surface area contributed by atoms with Crippen LogP contribution in [0.2, 0.25) is 0 Å². The van der Waals surface area contributed by atoms with Crippen LogP contribution in [-0.4, -0.2) is 6.16 Å². The second kappa shape index (κ2) is 10.9.